The van der Waals surface area contributed by atoms with Gasteiger partial charge in [0, 0.05) is 75.9 Å². The van der Waals surface area contributed by atoms with E-state index in [1.807, 2.05) is 42.5 Å². The van der Waals surface area contributed by atoms with Gasteiger partial charge in [0.25, 0.3) is 5.69 Å². The van der Waals surface area contributed by atoms with E-state index >= 15 is 0 Å². The van der Waals surface area contributed by atoms with Crippen LogP contribution in [-0.2, 0) is 0 Å². The molecule has 0 fully saturated rings. The lowest BCUT2D eigenvalue weighted by Gasteiger charge is -2.01. The summed E-state index contributed by atoms with van der Waals surface area (Å²) in [7, 11) is 0. The van der Waals surface area contributed by atoms with Crippen molar-refractivity contribution in [3.05, 3.63) is 123 Å². The van der Waals surface area contributed by atoms with Gasteiger partial charge in [-0.2, -0.15) is 0 Å². The number of aromatic nitrogens is 3. The standard InChI is InChI=1S/C9H5ClN2O2.C9H7ClN2.C9H6ClN/c10-7-5-11-4-6-2-1-3-8(9(6)7)12(13)14;10-7-5-12-4-6-2-1-3-8(11)9(6)7;10-9-6-11-5-7-3-1-2-4-8(7)9/h1-5H;1-5H,11H2;1-6H. The summed E-state index contributed by atoms with van der Waals surface area (Å²) in [6.07, 6.45) is 9.76. The van der Waals surface area contributed by atoms with Gasteiger partial charge in [-0.1, -0.05) is 83.3 Å². The van der Waals surface area contributed by atoms with Crippen LogP contribution in [0.4, 0.5) is 11.4 Å². The normalized spacial score (nSPS) is 10.4. The zero-order valence-electron chi connectivity index (χ0n) is 19.1. The Morgan fingerprint density at radius 2 is 1.14 bits per heavy atom. The lowest BCUT2D eigenvalue weighted by atomic mass is 10.1. The van der Waals surface area contributed by atoms with Crippen molar-refractivity contribution in [1.29, 1.82) is 0 Å². The van der Waals surface area contributed by atoms with Crippen molar-refractivity contribution in [1.82, 2.24) is 15.0 Å². The van der Waals surface area contributed by atoms with E-state index in [4.69, 9.17) is 40.5 Å². The number of halogens is 3. The molecule has 0 amide bonds. The summed E-state index contributed by atoms with van der Waals surface area (Å²) in [6, 6.07) is 18.3. The SMILES string of the molecule is Clc1cncc2ccccc12.Nc1cccc2cncc(Cl)c12.O=[N+]([O-])c1cccc2cncc(Cl)c12. The van der Waals surface area contributed by atoms with Gasteiger partial charge >= 0.3 is 0 Å². The van der Waals surface area contributed by atoms with Crippen LogP contribution in [0, 0.1) is 10.1 Å². The van der Waals surface area contributed by atoms with E-state index < -0.39 is 4.92 Å². The minimum absolute atomic E-state index is 0.00917. The average Bonchev–Trinajstić information content (AvgIpc) is 2.90. The Balaban J connectivity index is 0.000000131. The third kappa shape index (κ3) is 6.03. The molecule has 10 heteroatoms. The molecule has 0 saturated carbocycles. The van der Waals surface area contributed by atoms with Crippen LogP contribution in [0.25, 0.3) is 32.3 Å². The second-order valence-electron chi connectivity index (χ2n) is 7.66. The highest BCUT2D eigenvalue weighted by Crippen LogP contribution is 2.30. The van der Waals surface area contributed by atoms with Crippen molar-refractivity contribution in [3.8, 4) is 0 Å². The van der Waals surface area contributed by atoms with E-state index in [1.165, 1.54) is 12.3 Å². The number of hydrogen-bond acceptors (Lipinski definition) is 6. The molecule has 0 saturated heterocycles. The zero-order valence-corrected chi connectivity index (χ0v) is 21.3. The van der Waals surface area contributed by atoms with Gasteiger partial charge in [-0.25, -0.2) is 0 Å². The van der Waals surface area contributed by atoms with Gasteiger partial charge in [0.2, 0.25) is 0 Å². The first-order valence-electron chi connectivity index (χ1n) is 10.8. The van der Waals surface area contributed by atoms with Crippen molar-refractivity contribution in [2.24, 2.45) is 0 Å². The Morgan fingerprint density at radius 3 is 1.76 bits per heavy atom. The van der Waals surface area contributed by atoms with Crippen LogP contribution < -0.4 is 5.73 Å². The molecule has 6 aromatic rings. The zero-order chi connectivity index (χ0) is 26.4. The first-order chi connectivity index (χ1) is 17.9. The molecule has 7 nitrogen and oxygen atoms in total. The van der Waals surface area contributed by atoms with Gasteiger partial charge in [-0.05, 0) is 6.07 Å². The molecule has 3 aromatic carbocycles. The predicted molar refractivity (Wildman–Crippen MR) is 151 cm³/mol. The van der Waals surface area contributed by atoms with Crippen LogP contribution in [0.5, 0.6) is 0 Å². The third-order valence-electron chi connectivity index (χ3n) is 5.30. The summed E-state index contributed by atoms with van der Waals surface area (Å²) in [6.45, 7) is 0. The molecule has 0 radical (unpaired) electrons. The number of fused-ring (bicyclic) bond motifs is 3. The topological polar surface area (TPSA) is 108 Å². The van der Waals surface area contributed by atoms with Gasteiger partial charge in [0.05, 0.1) is 25.4 Å². The van der Waals surface area contributed by atoms with Crippen LogP contribution in [0.1, 0.15) is 0 Å². The van der Waals surface area contributed by atoms with Crippen LogP contribution in [0.2, 0.25) is 15.1 Å². The monoisotopic (exact) mass is 549 g/mol. The van der Waals surface area contributed by atoms with Gasteiger partial charge in [-0.3, -0.25) is 25.1 Å². The lowest BCUT2D eigenvalue weighted by Crippen LogP contribution is -1.90. The summed E-state index contributed by atoms with van der Waals surface area (Å²) in [4.78, 5) is 22.0. The smallest absolute Gasteiger partial charge is 0.278 e. The summed E-state index contributed by atoms with van der Waals surface area (Å²) in [5.74, 6) is 0. The number of non-ortho nitro benzene ring substituents is 1. The average molecular weight is 551 g/mol. The number of anilines is 1. The minimum Gasteiger partial charge on any atom is -0.398 e. The molecule has 0 aliphatic heterocycles. The second kappa shape index (κ2) is 11.8. The molecule has 0 unspecified atom stereocenters. The maximum absolute atomic E-state index is 10.7. The van der Waals surface area contributed by atoms with E-state index in [-0.39, 0.29) is 5.69 Å². The quantitative estimate of drug-likeness (QED) is 0.126. The highest BCUT2D eigenvalue weighted by Gasteiger charge is 2.13. The van der Waals surface area contributed by atoms with E-state index in [0.29, 0.717) is 31.5 Å². The van der Waals surface area contributed by atoms with Crippen molar-refractivity contribution < 1.29 is 4.92 Å². The van der Waals surface area contributed by atoms with E-state index in [0.717, 1.165) is 21.5 Å². The van der Waals surface area contributed by atoms with Crippen LogP contribution in [0.3, 0.4) is 0 Å². The predicted octanol–water partition coefficient (Wildman–Crippen LogP) is 8.16. The molecule has 37 heavy (non-hydrogen) atoms. The molecule has 0 aliphatic carbocycles. The highest BCUT2D eigenvalue weighted by molar-refractivity contribution is 6.37. The Labute approximate surface area is 226 Å². The summed E-state index contributed by atoms with van der Waals surface area (Å²) in [5.41, 5.74) is 6.45. The molecular weight excluding hydrogens is 533 g/mol. The van der Waals surface area contributed by atoms with Crippen LogP contribution in [0.15, 0.2) is 97.8 Å². The van der Waals surface area contributed by atoms with Gasteiger partial charge in [-0.15, -0.1) is 0 Å². The third-order valence-corrected chi connectivity index (χ3v) is 6.17. The van der Waals surface area contributed by atoms with Crippen LogP contribution >= 0.6 is 34.8 Å². The number of nitrogens with two attached hydrogens (primary N) is 1. The van der Waals surface area contributed by atoms with Gasteiger partial charge in [0.15, 0.2) is 0 Å². The summed E-state index contributed by atoms with van der Waals surface area (Å²) >= 11 is 17.7. The van der Waals surface area contributed by atoms with E-state index in [1.54, 1.807) is 43.1 Å². The maximum atomic E-state index is 10.7. The molecule has 0 spiro atoms. The maximum Gasteiger partial charge on any atom is 0.278 e. The van der Waals surface area contributed by atoms with Crippen molar-refractivity contribution >= 4 is 78.5 Å². The first kappa shape index (κ1) is 26.0. The molecule has 3 aromatic heterocycles. The van der Waals surface area contributed by atoms with Crippen molar-refractivity contribution in [2.45, 2.75) is 0 Å². The number of hydrogen-bond donors (Lipinski definition) is 1. The fraction of sp³-hybridized carbons (Fsp3) is 0. The molecule has 184 valence electrons. The summed E-state index contributed by atoms with van der Waals surface area (Å²) in [5, 5.41) is 17.4. The Kier molecular flexibility index (Phi) is 8.30. The summed E-state index contributed by atoms with van der Waals surface area (Å²) < 4.78 is 0. The largest absolute Gasteiger partial charge is 0.398 e. The molecule has 3 heterocycles. The molecule has 0 atom stereocenters. The van der Waals surface area contributed by atoms with Gasteiger partial charge < -0.3 is 5.73 Å². The minimum atomic E-state index is -0.450. The van der Waals surface area contributed by atoms with E-state index in [2.05, 4.69) is 15.0 Å². The molecule has 0 aliphatic rings. The molecule has 6 rings (SSSR count). The number of nitrogens with zero attached hydrogens (tertiary/aromatic N) is 4. The number of pyridine rings is 3. The van der Waals surface area contributed by atoms with Crippen molar-refractivity contribution in [2.75, 3.05) is 5.73 Å². The highest BCUT2D eigenvalue weighted by atomic mass is 35.5. The van der Waals surface area contributed by atoms with E-state index in [9.17, 15) is 10.1 Å². The molecule has 2 N–H and O–H groups in total. The fourth-order valence-corrected chi connectivity index (χ4v) is 4.39. The Hall–Kier alpha value is -4.04. The lowest BCUT2D eigenvalue weighted by molar-refractivity contribution is -0.383. The molecule has 0 bridgehead atoms. The Bertz CT molecular complexity index is 1680. The molecular formula is C27H18Cl3N5O2. The second-order valence-corrected chi connectivity index (χ2v) is 8.88. The van der Waals surface area contributed by atoms with Gasteiger partial charge in [0.1, 0.15) is 0 Å². The number of rotatable bonds is 1. The number of benzene rings is 3. The first-order valence-corrected chi connectivity index (χ1v) is 11.9. The number of nitro groups is 1. The Morgan fingerprint density at radius 1 is 0.622 bits per heavy atom. The number of nitro benzene ring substituents is 1. The fourth-order valence-electron chi connectivity index (χ4n) is 3.62. The van der Waals surface area contributed by atoms with Crippen molar-refractivity contribution in [3.63, 3.8) is 0 Å². The number of nitrogen functional groups attached to an aromatic ring is 1. The van der Waals surface area contributed by atoms with Crippen LogP contribution in [-0.4, -0.2) is 19.9 Å².